The van der Waals surface area contributed by atoms with Gasteiger partial charge in [-0.05, 0) is 41.1 Å². The summed E-state index contributed by atoms with van der Waals surface area (Å²) in [5.41, 5.74) is 5.61. The van der Waals surface area contributed by atoms with Crippen LogP contribution in [-0.2, 0) is 16.6 Å². The van der Waals surface area contributed by atoms with Crippen LogP contribution in [-0.4, -0.2) is 8.42 Å². The maximum absolute atomic E-state index is 13.2. The Labute approximate surface area is 139 Å². The minimum atomic E-state index is -3.82. The number of aryl methyl sites for hydroxylation is 1. The number of thiophene rings is 1. The molecule has 1 aromatic heterocycles. The van der Waals surface area contributed by atoms with E-state index in [0.29, 0.717) is 4.88 Å². The van der Waals surface area contributed by atoms with E-state index in [9.17, 15) is 12.8 Å². The summed E-state index contributed by atoms with van der Waals surface area (Å²) in [5, 5.41) is -0.0302. The second-order valence-corrected chi connectivity index (χ2v) is 8.44. The molecule has 114 valence electrons. The van der Waals surface area contributed by atoms with Crippen LogP contribution in [0.2, 0.25) is 5.02 Å². The fraction of sp³-hybridized carbons (Fsp3) is 0.167. The molecule has 1 aromatic carbocycles. The Balaban J connectivity index is 2.44. The van der Waals surface area contributed by atoms with Gasteiger partial charge >= 0.3 is 0 Å². The topological polar surface area (TPSA) is 72.2 Å². The van der Waals surface area contributed by atoms with Crippen LogP contribution >= 0.6 is 38.9 Å². The summed E-state index contributed by atoms with van der Waals surface area (Å²) in [7, 11) is -3.82. The first-order valence-electron chi connectivity index (χ1n) is 5.71. The zero-order valence-electron chi connectivity index (χ0n) is 10.8. The van der Waals surface area contributed by atoms with E-state index in [2.05, 4.69) is 20.7 Å². The first kappa shape index (κ1) is 16.7. The summed E-state index contributed by atoms with van der Waals surface area (Å²) in [6.45, 7) is 1.96. The van der Waals surface area contributed by atoms with Crippen molar-refractivity contribution < 1.29 is 12.8 Å². The highest BCUT2D eigenvalue weighted by Crippen LogP contribution is 2.35. The summed E-state index contributed by atoms with van der Waals surface area (Å²) >= 11 is 10.3. The van der Waals surface area contributed by atoms with Gasteiger partial charge < -0.3 is 5.73 Å². The van der Waals surface area contributed by atoms with Gasteiger partial charge in [0.15, 0.2) is 0 Å². The number of nitrogens with one attached hydrogen (secondary N) is 1. The van der Waals surface area contributed by atoms with E-state index in [1.165, 1.54) is 17.4 Å². The van der Waals surface area contributed by atoms with Gasteiger partial charge in [0, 0.05) is 20.8 Å². The average molecular weight is 414 g/mol. The lowest BCUT2D eigenvalue weighted by molar-refractivity contribution is 0.600. The Morgan fingerprint density at radius 3 is 2.62 bits per heavy atom. The molecular weight excluding hydrogens is 403 g/mol. The van der Waals surface area contributed by atoms with E-state index >= 15 is 0 Å². The Morgan fingerprint density at radius 2 is 2.10 bits per heavy atom. The zero-order chi connectivity index (χ0) is 15.8. The van der Waals surface area contributed by atoms with Crippen LogP contribution in [0.5, 0.6) is 0 Å². The molecule has 0 radical (unpaired) electrons. The number of hydrogen-bond donors (Lipinski definition) is 2. The molecule has 0 atom stereocenters. The third-order valence-electron chi connectivity index (χ3n) is 2.66. The van der Waals surface area contributed by atoms with Gasteiger partial charge in [0.05, 0.1) is 10.7 Å². The van der Waals surface area contributed by atoms with Crippen molar-refractivity contribution in [1.29, 1.82) is 0 Å². The van der Waals surface area contributed by atoms with E-state index in [4.69, 9.17) is 17.3 Å². The molecule has 0 aliphatic rings. The van der Waals surface area contributed by atoms with Gasteiger partial charge in [-0.2, -0.15) is 0 Å². The van der Waals surface area contributed by atoms with Gasteiger partial charge in [-0.25, -0.2) is 12.8 Å². The lowest BCUT2D eigenvalue weighted by Crippen LogP contribution is -2.14. The Hall–Kier alpha value is -0.670. The molecule has 4 nitrogen and oxygen atoms in total. The smallest absolute Gasteiger partial charge is 0.263 e. The van der Waals surface area contributed by atoms with Gasteiger partial charge in [-0.1, -0.05) is 11.6 Å². The van der Waals surface area contributed by atoms with Crippen molar-refractivity contribution in [3.63, 3.8) is 0 Å². The van der Waals surface area contributed by atoms with Crippen LogP contribution in [0.25, 0.3) is 0 Å². The van der Waals surface area contributed by atoms with Crippen LogP contribution in [0.15, 0.2) is 27.6 Å². The number of halogens is 3. The van der Waals surface area contributed by atoms with Crippen LogP contribution in [0.4, 0.5) is 10.1 Å². The summed E-state index contributed by atoms with van der Waals surface area (Å²) in [4.78, 5) is 1.52. The van der Waals surface area contributed by atoms with Crippen LogP contribution in [0, 0.1) is 12.7 Å². The maximum Gasteiger partial charge on any atom is 0.263 e. The van der Waals surface area contributed by atoms with Gasteiger partial charge in [0.2, 0.25) is 0 Å². The first-order chi connectivity index (χ1) is 9.74. The molecule has 0 aliphatic heterocycles. The van der Waals surface area contributed by atoms with Crippen LogP contribution in [0.1, 0.15) is 9.75 Å². The van der Waals surface area contributed by atoms with Crippen molar-refractivity contribution in [2.45, 2.75) is 18.4 Å². The fourth-order valence-corrected chi connectivity index (χ4v) is 5.42. The molecular formula is C12H11BrClFN2O2S2. The third-order valence-corrected chi connectivity index (χ3v) is 6.26. The molecule has 0 saturated carbocycles. The molecule has 3 N–H and O–H groups in total. The van der Waals surface area contributed by atoms with E-state index in [1.807, 2.05) is 0 Å². The lowest BCUT2D eigenvalue weighted by Gasteiger charge is -2.11. The largest absolute Gasteiger partial charge is 0.326 e. The van der Waals surface area contributed by atoms with E-state index in [-0.39, 0.29) is 26.6 Å². The molecule has 0 amide bonds. The number of benzene rings is 1. The van der Waals surface area contributed by atoms with E-state index in [0.717, 1.165) is 17.0 Å². The molecule has 0 unspecified atom stereocenters. The number of rotatable bonds is 4. The van der Waals surface area contributed by atoms with E-state index in [1.54, 1.807) is 6.92 Å². The summed E-state index contributed by atoms with van der Waals surface area (Å²) < 4.78 is 40.6. The maximum atomic E-state index is 13.2. The van der Waals surface area contributed by atoms with Gasteiger partial charge in [0.1, 0.15) is 10.7 Å². The molecule has 1 heterocycles. The zero-order valence-corrected chi connectivity index (χ0v) is 14.8. The van der Waals surface area contributed by atoms with E-state index < -0.39 is 15.8 Å². The molecule has 2 rings (SSSR count). The third kappa shape index (κ3) is 3.57. The summed E-state index contributed by atoms with van der Waals surface area (Å²) in [6.07, 6.45) is 0. The molecule has 9 heteroatoms. The Kier molecular flexibility index (Phi) is 4.94. The molecule has 0 spiro atoms. The first-order valence-corrected chi connectivity index (χ1v) is 9.18. The highest BCUT2D eigenvalue weighted by molar-refractivity contribution is 9.10. The summed E-state index contributed by atoms with van der Waals surface area (Å²) in [5.74, 6) is -0.563. The van der Waals surface area contributed by atoms with Crippen molar-refractivity contribution in [3.8, 4) is 0 Å². The van der Waals surface area contributed by atoms with Crippen LogP contribution < -0.4 is 10.5 Å². The van der Waals surface area contributed by atoms with Gasteiger partial charge in [-0.15, -0.1) is 11.3 Å². The molecule has 2 aromatic rings. The lowest BCUT2D eigenvalue weighted by atomic mass is 10.3. The monoisotopic (exact) mass is 412 g/mol. The number of nitrogens with two attached hydrogens (primary N) is 1. The number of hydrogen-bond acceptors (Lipinski definition) is 4. The molecule has 21 heavy (non-hydrogen) atoms. The minimum absolute atomic E-state index is 0.0302. The predicted octanol–water partition coefficient (Wildman–Crippen LogP) is 3.87. The second-order valence-electron chi connectivity index (χ2n) is 4.19. The van der Waals surface area contributed by atoms with Crippen molar-refractivity contribution in [1.82, 2.24) is 0 Å². The standard InChI is InChI=1S/C12H11BrClFN2O2S2/c1-6-11(4-8(5-16)20-6)21(18,19)17-12-9(13)2-7(15)3-10(12)14/h2-4,17H,5,16H2,1H3. The molecule has 0 aliphatic carbocycles. The number of sulfonamides is 1. The highest BCUT2D eigenvalue weighted by Gasteiger charge is 2.22. The Morgan fingerprint density at radius 1 is 1.43 bits per heavy atom. The molecule has 0 fully saturated rings. The SMILES string of the molecule is Cc1sc(CN)cc1S(=O)(=O)Nc1c(Cl)cc(F)cc1Br. The second kappa shape index (κ2) is 6.21. The fourth-order valence-electron chi connectivity index (χ4n) is 1.72. The Bertz CT molecular complexity index is 770. The average Bonchev–Trinajstić information content (AvgIpc) is 2.76. The van der Waals surface area contributed by atoms with Crippen LogP contribution in [0.3, 0.4) is 0 Å². The highest BCUT2D eigenvalue weighted by atomic mass is 79.9. The minimum Gasteiger partial charge on any atom is -0.326 e. The quantitative estimate of drug-likeness (QED) is 0.799. The van der Waals surface area contributed by atoms with Crippen molar-refractivity contribution >= 4 is 54.6 Å². The van der Waals surface area contributed by atoms with Crippen molar-refractivity contribution in [3.05, 3.63) is 43.3 Å². The van der Waals surface area contributed by atoms with Crippen molar-refractivity contribution in [2.75, 3.05) is 4.72 Å². The predicted molar refractivity (Wildman–Crippen MR) is 86.9 cm³/mol. The molecule has 0 bridgehead atoms. The van der Waals surface area contributed by atoms with Gasteiger partial charge in [-0.3, -0.25) is 4.72 Å². The van der Waals surface area contributed by atoms with Gasteiger partial charge in [0.25, 0.3) is 10.0 Å². The number of anilines is 1. The summed E-state index contributed by atoms with van der Waals surface area (Å²) in [6, 6.07) is 3.69. The normalized spacial score (nSPS) is 11.7. The molecule has 0 saturated heterocycles. The van der Waals surface area contributed by atoms with Crippen molar-refractivity contribution in [2.24, 2.45) is 5.73 Å².